The molecule has 5 nitrogen and oxygen atoms in total. The number of hydrogen-bond acceptors (Lipinski definition) is 4. The lowest BCUT2D eigenvalue weighted by atomic mass is 10.1. The van der Waals surface area contributed by atoms with Crippen LogP contribution in [0.3, 0.4) is 0 Å². The van der Waals surface area contributed by atoms with E-state index < -0.39 is 11.5 Å². The number of methoxy groups -OCH3 is 1. The van der Waals surface area contributed by atoms with Gasteiger partial charge in [0.15, 0.2) is 6.61 Å². The van der Waals surface area contributed by atoms with Crippen LogP contribution in [0.25, 0.3) is 0 Å². The fourth-order valence-corrected chi connectivity index (χ4v) is 1.66. The Kier molecular flexibility index (Phi) is 5.55. The number of amides is 1. The Hall–Kier alpha value is -2.04. The highest BCUT2D eigenvalue weighted by molar-refractivity contribution is 5.87. The van der Waals surface area contributed by atoms with Crippen LogP contribution in [0, 0.1) is 0 Å². The van der Waals surface area contributed by atoms with Crippen LogP contribution in [0.2, 0.25) is 0 Å². The second kappa shape index (κ2) is 6.93. The van der Waals surface area contributed by atoms with E-state index in [9.17, 15) is 9.59 Å². The summed E-state index contributed by atoms with van der Waals surface area (Å²) < 4.78 is 9.97. The summed E-state index contributed by atoms with van der Waals surface area (Å²) in [6.45, 7) is 5.07. The number of carbonyl (C=O) groups is 2. The van der Waals surface area contributed by atoms with Crippen molar-refractivity contribution in [3.8, 4) is 5.75 Å². The van der Waals surface area contributed by atoms with Gasteiger partial charge in [0, 0.05) is 0 Å². The Bertz CT molecular complexity index is 465. The fourth-order valence-electron chi connectivity index (χ4n) is 1.66. The second-order valence-electron chi connectivity index (χ2n) is 4.95. The molecule has 110 valence electrons. The number of esters is 1. The topological polar surface area (TPSA) is 64.6 Å². The van der Waals surface area contributed by atoms with Gasteiger partial charge in [0.2, 0.25) is 0 Å². The predicted octanol–water partition coefficient (Wildman–Crippen LogP) is 1.70. The minimum Gasteiger partial charge on any atom is -0.484 e. The van der Waals surface area contributed by atoms with Crippen molar-refractivity contribution in [2.24, 2.45) is 0 Å². The highest BCUT2D eigenvalue weighted by Gasteiger charge is 2.30. The standard InChI is InChI=1S/C15H21NO4/c1-5-11-6-8-12(9-7-11)20-10-13(17)16-15(2,3)14(18)19-4/h6-9H,5,10H2,1-4H3,(H,16,17). The van der Waals surface area contributed by atoms with Gasteiger partial charge in [-0.05, 0) is 38.0 Å². The summed E-state index contributed by atoms with van der Waals surface area (Å²) >= 11 is 0. The molecule has 0 saturated carbocycles. The zero-order valence-corrected chi connectivity index (χ0v) is 12.4. The molecule has 0 aliphatic heterocycles. The normalized spacial score (nSPS) is 10.8. The van der Waals surface area contributed by atoms with Crippen molar-refractivity contribution in [2.45, 2.75) is 32.7 Å². The van der Waals surface area contributed by atoms with E-state index >= 15 is 0 Å². The minimum atomic E-state index is -1.07. The number of carbonyl (C=O) groups excluding carboxylic acids is 2. The molecule has 1 aromatic carbocycles. The molecule has 1 aromatic rings. The van der Waals surface area contributed by atoms with Crippen molar-refractivity contribution < 1.29 is 19.1 Å². The quantitative estimate of drug-likeness (QED) is 0.805. The van der Waals surface area contributed by atoms with Crippen LogP contribution < -0.4 is 10.1 Å². The molecular formula is C15H21NO4. The van der Waals surface area contributed by atoms with E-state index in [0.717, 1.165) is 6.42 Å². The van der Waals surface area contributed by atoms with Gasteiger partial charge in [-0.25, -0.2) is 4.79 Å². The number of aryl methyl sites for hydroxylation is 1. The van der Waals surface area contributed by atoms with Crippen LogP contribution in [0.15, 0.2) is 24.3 Å². The third-order valence-electron chi connectivity index (χ3n) is 2.85. The van der Waals surface area contributed by atoms with Gasteiger partial charge < -0.3 is 14.8 Å². The number of ether oxygens (including phenoxy) is 2. The van der Waals surface area contributed by atoms with E-state index in [1.807, 2.05) is 24.3 Å². The van der Waals surface area contributed by atoms with E-state index in [2.05, 4.69) is 17.0 Å². The van der Waals surface area contributed by atoms with Crippen LogP contribution >= 0.6 is 0 Å². The van der Waals surface area contributed by atoms with Crippen molar-refractivity contribution >= 4 is 11.9 Å². The van der Waals surface area contributed by atoms with E-state index in [0.29, 0.717) is 5.75 Å². The average molecular weight is 279 g/mol. The molecule has 1 rings (SSSR count). The lowest BCUT2D eigenvalue weighted by Gasteiger charge is -2.23. The van der Waals surface area contributed by atoms with Gasteiger partial charge in [-0.3, -0.25) is 4.79 Å². The van der Waals surface area contributed by atoms with Crippen molar-refractivity contribution in [3.63, 3.8) is 0 Å². The predicted molar refractivity (Wildman–Crippen MR) is 75.6 cm³/mol. The Labute approximate surface area is 119 Å². The van der Waals surface area contributed by atoms with E-state index in [-0.39, 0.29) is 12.5 Å². The number of benzene rings is 1. The van der Waals surface area contributed by atoms with Crippen LogP contribution in [-0.2, 0) is 20.7 Å². The molecule has 0 atom stereocenters. The maximum absolute atomic E-state index is 11.7. The first-order valence-corrected chi connectivity index (χ1v) is 6.50. The van der Waals surface area contributed by atoms with Crippen molar-refractivity contribution in [1.82, 2.24) is 5.32 Å². The molecule has 0 aliphatic rings. The molecular weight excluding hydrogens is 258 g/mol. The summed E-state index contributed by atoms with van der Waals surface area (Å²) in [6.07, 6.45) is 0.952. The van der Waals surface area contributed by atoms with E-state index in [4.69, 9.17) is 4.74 Å². The minimum absolute atomic E-state index is 0.147. The van der Waals surface area contributed by atoms with Crippen LogP contribution in [0.4, 0.5) is 0 Å². The molecule has 5 heteroatoms. The lowest BCUT2D eigenvalue weighted by Crippen LogP contribution is -2.51. The molecule has 0 aromatic heterocycles. The maximum atomic E-state index is 11.7. The summed E-state index contributed by atoms with van der Waals surface area (Å²) in [5.74, 6) is -0.258. The molecule has 0 saturated heterocycles. The zero-order chi connectivity index (χ0) is 15.2. The second-order valence-corrected chi connectivity index (χ2v) is 4.95. The van der Waals surface area contributed by atoms with Gasteiger partial charge in [0.25, 0.3) is 5.91 Å². The number of nitrogens with one attached hydrogen (secondary N) is 1. The van der Waals surface area contributed by atoms with Crippen molar-refractivity contribution in [3.05, 3.63) is 29.8 Å². The molecule has 0 aliphatic carbocycles. The Balaban J connectivity index is 2.48. The molecule has 0 unspecified atom stereocenters. The highest BCUT2D eigenvalue weighted by atomic mass is 16.5. The monoisotopic (exact) mass is 279 g/mol. The summed E-state index contributed by atoms with van der Waals surface area (Å²) in [5.41, 5.74) is 0.134. The van der Waals surface area contributed by atoms with Gasteiger partial charge in [0.1, 0.15) is 11.3 Å². The van der Waals surface area contributed by atoms with Gasteiger partial charge >= 0.3 is 5.97 Å². The van der Waals surface area contributed by atoms with Crippen LogP contribution in [0.1, 0.15) is 26.3 Å². The Morgan fingerprint density at radius 2 is 1.80 bits per heavy atom. The van der Waals surface area contributed by atoms with Crippen molar-refractivity contribution in [2.75, 3.05) is 13.7 Å². The van der Waals surface area contributed by atoms with Gasteiger partial charge in [-0.1, -0.05) is 19.1 Å². The first kappa shape index (κ1) is 16.0. The SMILES string of the molecule is CCc1ccc(OCC(=O)NC(C)(C)C(=O)OC)cc1. The Morgan fingerprint density at radius 3 is 2.30 bits per heavy atom. The molecule has 0 radical (unpaired) electrons. The number of hydrogen-bond donors (Lipinski definition) is 1. The maximum Gasteiger partial charge on any atom is 0.330 e. The lowest BCUT2D eigenvalue weighted by molar-refractivity contribution is -0.149. The average Bonchev–Trinajstić information content (AvgIpc) is 2.44. The molecule has 20 heavy (non-hydrogen) atoms. The Morgan fingerprint density at radius 1 is 1.20 bits per heavy atom. The smallest absolute Gasteiger partial charge is 0.330 e. The third kappa shape index (κ3) is 4.57. The zero-order valence-electron chi connectivity index (χ0n) is 12.4. The summed E-state index contributed by atoms with van der Waals surface area (Å²) in [5, 5.41) is 2.56. The molecule has 0 heterocycles. The first-order valence-electron chi connectivity index (χ1n) is 6.50. The third-order valence-corrected chi connectivity index (χ3v) is 2.85. The number of rotatable bonds is 6. The first-order chi connectivity index (χ1) is 9.39. The largest absolute Gasteiger partial charge is 0.484 e. The molecule has 0 bridgehead atoms. The van der Waals surface area contributed by atoms with Crippen LogP contribution in [-0.4, -0.2) is 31.1 Å². The van der Waals surface area contributed by atoms with E-state index in [1.165, 1.54) is 12.7 Å². The molecule has 1 N–H and O–H groups in total. The van der Waals surface area contributed by atoms with Crippen LogP contribution in [0.5, 0.6) is 5.75 Å². The van der Waals surface area contributed by atoms with Crippen molar-refractivity contribution in [1.29, 1.82) is 0 Å². The highest BCUT2D eigenvalue weighted by Crippen LogP contribution is 2.12. The molecule has 0 fully saturated rings. The molecule has 0 spiro atoms. The fraction of sp³-hybridized carbons (Fsp3) is 0.467. The van der Waals surface area contributed by atoms with Gasteiger partial charge in [-0.15, -0.1) is 0 Å². The summed E-state index contributed by atoms with van der Waals surface area (Å²) in [7, 11) is 1.28. The summed E-state index contributed by atoms with van der Waals surface area (Å²) in [4.78, 5) is 23.2. The van der Waals surface area contributed by atoms with Gasteiger partial charge in [-0.2, -0.15) is 0 Å². The molecule has 1 amide bonds. The van der Waals surface area contributed by atoms with Gasteiger partial charge in [0.05, 0.1) is 7.11 Å². The van der Waals surface area contributed by atoms with E-state index in [1.54, 1.807) is 13.8 Å². The summed E-state index contributed by atoms with van der Waals surface area (Å²) in [6, 6.07) is 7.53.